The zero-order chi connectivity index (χ0) is 18.6. The Balaban J connectivity index is 1.37. The normalized spacial score (nSPS) is 19.2. The van der Waals surface area contributed by atoms with Crippen LogP contribution in [-0.2, 0) is 16.1 Å². The number of carbonyl (C=O) groups is 2. The Hall–Kier alpha value is -2.84. The Morgan fingerprint density at radius 2 is 2.15 bits per heavy atom. The Morgan fingerprint density at radius 3 is 2.93 bits per heavy atom. The number of fused-ring (bicyclic) bond motifs is 1. The van der Waals surface area contributed by atoms with Crippen LogP contribution in [0.3, 0.4) is 0 Å². The van der Waals surface area contributed by atoms with Gasteiger partial charge in [0.25, 0.3) is 0 Å². The summed E-state index contributed by atoms with van der Waals surface area (Å²) in [6, 6.07) is 0. The fourth-order valence-electron chi connectivity index (χ4n) is 3.77. The van der Waals surface area contributed by atoms with Crippen LogP contribution in [0.2, 0.25) is 0 Å². The van der Waals surface area contributed by atoms with Crippen LogP contribution in [0.5, 0.6) is 0 Å². The van der Waals surface area contributed by atoms with Gasteiger partial charge >= 0.3 is 0 Å². The predicted octanol–water partition coefficient (Wildman–Crippen LogP) is 0.741. The number of carbonyl (C=O) groups excluding carboxylic acids is 2. The van der Waals surface area contributed by atoms with Crippen molar-refractivity contribution in [2.45, 2.75) is 44.6 Å². The van der Waals surface area contributed by atoms with E-state index in [2.05, 4.69) is 25.5 Å². The second kappa shape index (κ2) is 7.81. The smallest absolute Gasteiger partial charge is 0.230 e. The number of rotatable bonds is 6. The summed E-state index contributed by atoms with van der Waals surface area (Å²) in [5.41, 5.74) is 0.660. The zero-order valence-corrected chi connectivity index (χ0v) is 15.2. The van der Waals surface area contributed by atoms with Crippen molar-refractivity contribution in [1.29, 1.82) is 0 Å². The molecule has 0 spiro atoms. The minimum absolute atomic E-state index is 0.0261. The lowest BCUT2D eigenvalue weighted by Gasteiger charge is -2.23. The number of amides is 2. The molecule has 1 N–H and O–H groups in total. The molecule has 0 saturated carbocycles. The zero-order valence-electron chi connectivity index (χ0n) is 15.2. The summed E-state index contributed by atoms with van der Waals surface area (Å²) >= 11 is 0. The summed E-state index contributed by atoms with van der Waals surface area (Å²) in [6.45, 7) is 2.87. The molecule has 0 aromatic carbocycles. The first-order valence-electron chi connectivity index (χ1n) is 9.49. The minimum Gasteiger partial charge on any atom is -0.355 e. The Kier molecular flexibility index (Phi) is 5.08. The van der Waals surface area contributed by atoms with Gasteiger partial charge in [0.2, 0.25) is 11.8 Å². The van der Waals surface area contributed by atoms with Gasteiger partial charge in [0.05, 0.1) is 12.1 Å². The summed E-state index contributed by atoms with van der Waals surface area (Å²) in [4.78, 5) is 34.5. The molecule has 2 aliphatic rings. The lowest BCUT2D eigenvalue weighted by molar-refractivity contribution is -0.127. The number of likely N-dealkylation sites (tertiary alicyclic amines) is 1. The fourth-order valence-corrected chi connectivity index (χ4v) is 3.77. The van der Waals surface area contributed by atoms with Gasteiger partial charge in [-0.15, -0.1) is 10.2 Å². The molecule has 0 aliphatic carbocycles. The third kappa shape index (κ3) is 3.67. The van der Waals surface area contributed by atoms with E-state index in [1.54, 1.807) is 18.6 Å². The van der Waals surface area contributed by atoms with Crippen molar-refractivity contribution in [2.24, 2.45) is 0 Å². The molecule has 1 atom stereocenters. The minimum atomic E-state index is -0.301. The molecule has 1 unspecified atom stereocenters. The van der Waals surface area contributed by atoms with Gasteiger partial charge in [-0.2, -0.15) is 0 Å². The molecule has 4 rings (SSSR count). The van der Waals surface area contributed by atoms with E-state index in [4.69, 9.17) is 0 Å². The maximum absolute atomic E-state index is 12.7. The van der Waals surface area contributed by atoms with Gasteiger partial charge in [-0.3, -0.25) is 14.6 Å². The summed E-state index contributed by atoms with van der Waals surface area (Å²) in [5, 5.41) is 11.5. The average molecular weight is 369 g/mol. The fraction of sp³-hybridized carbons (Fsp3) is 0.556. The van der Waals surface area contributed by atoms with Crippen LogP contribution < -0.4 is 5.32 Å². The first-order valence-corrected chi connectivity index (χ1v) is 9.49. The highest BCUT2D eigenvalue weighted by molar-refractivity contribution is 5.83. The highest BCUT2D eigenvalue weighted by Crippen LogP contribution is 2.29. The molecule has 0 bridgehead atoms. The molecular weight excluding hydrogens is 346 g/mol. The van der Waals surface area contributed by atoms with Gasteiger partial charge in [0.1, 0.15) is 11.5 Å². The quantitative estimate of drug-likeness (QED) is 0.753. The van der Waals surface area contributed by atoms with Gasteiger partial charge in [0, 0.05) is 45.0 Å². The van der Waals surface area contributed by atoms with Crippen LogP contribution in [-0.4, -0.2) is 61.1 Å². The molecule has 2 aromatic heterocycles. The summed E-state index contributed by atoms with van der Waals surface area (Å²) in [5.74, 6) is 1.24. The average Bonchev–Trinajstić information content (AvgIpc) is 3.31. The van der Waals surface area contributed by atoms with E-state index in [1.807, 2.05) is 9.47 Å². The van der Waals surface area contributed by atoms with Crippen molar-refractivity contribution in [1.82, 2.24) is 34.9 Å². The van der Waals surface area contributed by atoms with Crippen molar-refractivity contribution < 1.29 is 9.59 Å². The molecule has 2 aromatic rings. The maximum atomic E-state index is 12.7. The van der Waals surface area contributed by atoms with Gasteiger partial charge in [-0.1, -0.05) is 0 Å². The number of hydrogen-bond acceptors (Lipinski definition) is 6. The van der Waals surface area contributed by atoms with Crippen molar-refractivity contribution in [2.75, 3.05) is 19.6 Å². The van der Waals surface area contributed by atoms with E-state index in [9.17, 15) is 9.59 Å². The third-order valence-corrected chi connectivity index (χ3v) is 5.15. The first-order chi connectivity index (χ1) is 13.2. The largest absolute Gasteiger partial charge is 0.355 e. The monoisotopic (exact) mass is 369 g/mol. The van der Waals surface area contributed by atoms with E-state index in [0.717, 1.165) is 38.8 Å². The standard InChI is InChI=1S/C18H23N7O2/c26-15-5-2-9-24(15)10-3-6-21-18(27)13-4-1-11-25-16(13)22-23-17(25)14-12-19-7-8-20-14/h7-8,12-13H,1-6,9-11H2,(H,21,27). The molecule has 142 valence electrons. The number of aromatic nitrogens is 5. The summed E-state index contributed by atoms with van der Waals surface area (Å²) < 4.78 is 1.97. The molecular formula is C18H23N7O2. The number of nitrogens with one attached hydrogen (secondary N) is 1. The van der Waals surface area contributed by atoms with Crippen LogP contribution in [0.25, 0.3) is 11.5 Å². The highest BCUT2D eigenvalue weighted by atomic mass is 16.2. The number of nitrogens with zero attached hydrogens (tertiary/aromatic N) is 6. The van der Waals surface area contributed by atoms with Crippen molar-refractivity contribution in [3.63, 3.8) is 0 Å². The highest BCUT2D eigenvalue weighted by Gasteiger charge is 2.31. The van der Waals surface area contributed by atoms with Gasteiger partial charge in [0.15, 0.2) is 5.82 Å². The lowest BCUT2D eigenvalue weighted by atomic mass is 9.97. The molecule has 9 nitrogen and oxygen atoms in total. The van der Waals surface area contributed by atoms with Crippen LogP contribution >= 0.6 is 0 Å². The molecule has 2 aliphatic heterocycles. The Labute approximate surface area is 157 Å². The number of hydrogen-bond donors (Lipinski definition) is 1. The molecule has 4 heterocycles. The van der Waals surface area contributed by atoms with E-state index < -0.39 is 0 Å². The summed E-state index contributed by atoms with van der Waals surface area (Å²) in [7, 11) is 0. The van der Waals surface area contributed by atoms with Crippen LogP contribution in [0, 0.1) is 0 Å². The van der Waals surface area contributed by atoms with Gasteiger partial charge in [-0.05, 0) is 25.7 Å². The first kappa shape index (κ1) is 17.6. The van der Waals surface area contributed by atoms with E-state index >= 15 is 0 Å². The van der Waals surface area contributed by atoms with Gasteiger partial charge in [-0.25, -0.2) is 4.98 Å². The predicted molar refractivity (Wildman–Crippen MR) is 96.5 cm³/mol. The van der Waals surface area contributed by atoms with Crippen LogP contribution in [0.1, 0.15) is 43.8 Å². The molecule has 2 amide bonds. The second-order valence-corrected chi connectivity index (χ2v) is 6.95. The lowest BCUT2D eigenvalue weighted by Crippen LogP contribution is -2.35. The van der Waals surface area contributed by atoms with Crippen molar-refractivity contribution in [3.8, 4) is 11.5 Å². The van der Waals surface area contributed by atoms with Gasteiger partial charge < -0.3 is 14.8 Å². The van der Waals surface area contributed by atoms with Crippen LogP contribution in [0.15, 0.2) is 18.6 Å². The Morgan fingerprint density at radius 1 is 1.22 bits per heavy atom. The SMILES string of the molecule is O=C(NCCCN1CCCC1=O)C1CCCn2c(-c3cnccn3)nnc21. The molecule has 1 saturated heterocycles. The van der Waals surface area contributed by atoms with E-state index in [0.29, 0.717) is 36.9 Å². The van der Waals surface area contributed by atoms with Crippen molar-refractivity contribution >= 4 is 11.8 Å². The maximum Gasteiger partial charge on any atom is 0.230 e. The molecule has 0 radical (unpaired) electrons. The Bertz CT molecular complexity index is 820. The second-order valence-electron chi connectivity index (χ2n) is 6.95. The molecule has 9 heteroatoms. The third-order valence-electron chi connectivity index (χ3n) is 5.15. The summed E-state index contributed by atoms with van der Waals surface area (Å²) in [6.07, 6.45) is 8.89. The topological polar surface area (TPSA) is 106 Å². The molecule has 27 heavy (non-hydrogen) atoms. The molecule has 1 fully saturated rings. The van der Waals surface area contributed by atoms with Crippen LogP contribution in [0.4, 0.5) is 0 Å². The van der Waals surface area contributed by atoms with E-state index in [-0.39, 0.29) is 17.7 Å². The van der Waals surface area contributed by atoms with Crippen molar-refractivity contribution in [3.05, 3.63) is 24.4 Å². The van der Waals surface area contributed by atoms with E-state index in [1.165, 1.54) is 0 Å².